The van der Waals surface area contributed by atoms with Gasteiger partial charge in [-0.25, -0.2) is 9.67 Å². The molecule has 2 aliphatic rings. The predicted molar refractivity (Wildman–Crippen MR) is 110 cm³/mol. The lowest BCUT2D eigenvalue weighted by Crippen LogP contribution is -2.34. The van der Waals surface area contributed by atoms with E-state index in [-0.39, 0.29) is 5.91 Å². The number of para-hydroxylation sites is 1. The van der Waals surface area contributed by atoms with Crippen molar-refractivity contribution >= 4 is 16.8 Å². The van der Waals surface area contributed by atoms with Crippen molar-refractivity contribution in [3.8, 4) is 0 Å². The Bertz CT molecular complexity index is 976. The van der Waals surface area contributed by atoms with Crippen LogP contribution in [0.4, 0.5) is 0 Å². The Kier molecular flexibility index (Phi) is 5.06. The van der Waals surface area contributed by atoms with Crippen molar-refractivity contribution in [3.05, 3.63) is 47.7 Å². The lowest BCUT2D eigenvalue weighted by Gasteiger charge is -2.20. The van der Waals surface area contributed by atoms with Crippen LogP contribution in [0.2, 0.25) is 0 Å². The summed E-state index contributed by atoms with van der Waals surface area (Å²) in [5, 5.41) is 5.97. The molecule has 2 aliphatic heterocycles. The van der Waals surface area contributed by atoms with Crippen LogP contribution >= 0.6 is 0 Å². The number of benzene rings is 1. The van der Waals surface area contributed by atoms with Crippen molar-refractivity contribution in [2.24, 2.45) is 0 Å². The van der Waals surface area contributed by atoms with Crippen molar-refractivity contribution in [2.45, 2.75) is 44.6 Å². The molecule has 2 aromatic heterocycles. The third kappa shape index (κ3) is 3.79. The van der Waals surface area contributed by atoms with Crippen LogP contribution in [0.5, 0.6) is 0 Å². The summed E-state index contributed by atoms with van der Waals surface area (Å²) < 4.78 is 7.46. The highest BCUT2D eigenvalue weighted by Crippen LogP contribution is 2.25. The van der Waals surface area contributed by atoms with Crippen LogP contribution in [0.1, 0.15) is 42.4 Å². The molecule has 7 heteroatoms. The molecule has 7 nitrogen and oxygen atoms in total. The zero-order valence-electron chi connectivity index (χ0n) is 16.6. The van der Waals surface area contributed by atoms with E-state index in [0.29, 0.717) is 18.9 Å². The standard InChI is InChI=1S/C22H27N5O2/c28-21(6-5-17-15-23-19-4-2-1-3-18(17)19)26-10-7-20-24-22(25-27(20)12-11-26)16-8-13-29-14-9-16/h1-4,15-16,23H,5-14H2. The molecule has 0 bridgehead atoms. The molecule has 4 heterocycles. The predicted octanol–water partition coefficient (Wildman–Crippen LogP) is 2.67. The first-order chi connectivity index (χ1) is 14.3. The van der Waals surface area contributed by atoms with Crippen molar-refractivity contribution in [2.75, 3.05) is 26.3 Å². The summed E-state index contributed by atoms with van der Waals surface area (Å²) in [6, 6.07) is 8.24. The van der Waals surface area contributed by atoms with Gasteiger partial charge in [0.05, 0.1) is 6.54 Å². The smallest absolute Gasteiger partial charge is 0.222 e. The van der Waals surface area contributed by atoms with Crippen LogP contribution in [0, 0.1) is 0 Å². The number of H-pyrrole nitrogens is 1. The van der Waals surface area contributed by atoms with E-state index in [4.69, 9.17) is 14.8 Å². The molecule has 0 radical (unpaired) electrons. The summed E-state index contributed by atoms with van der Waals surface area (Å²) in [5.74, 6) is 2.60. The molecule has 152 valence electrons. The first-order valence-electron chi connectivity index (χ1n) is 10.6. The lowest BCUT2D eigenvalue weighted by molar-refractivity contribution is -0.131. The Morgan fingerprint density at radius 2 is 2.03 bits per heavy atom. The Hall–Kier alpha value is -2.67. The van der Waals surface area contributed by atoms with Gasteiger partial charge in [-0.05, 0) is 30.9 Å². The van der Waals surface area contributed by atoms with Crippen molar-refractivity contribution in [1.29, 1.82) is 0 Å². The van der Waals surface area contributed by atoms with Crippen LogP contribution < -0.4 is 0 Å². The van der Waals surface area contributed by atoms with Gasteiger partial charge in [-0.3, -0.25) is 4.79 Å². The number of hydrogen-bond acceptors (Lipinski definition) is 4. The van der Waals surface area contributed by atoms with Gasteiger partial charge in [0.2, 0.25) is 5.91 Å². The number of carbonyl (C=O) groups excluding carboxylic acids is 1. The molecule has 1 aromatic carbocycles. The molecule has 1 fully saturated rings. The fourth-order valence-electron chi connectivity index (χ4n) is 4.44. The molecule has 0 unspecified atom stereocenters. The summed E-state index contributed by atoms with van der Waals surface area (Å²) >= 11 is 0. The monoisotopic (exact) mass is 393 g/mol. The number of amides is 1. The number of nitrogens with zero attached hydrogens (tertiary/aromatic N) is 4. The summed E-state index contributed by atoms with van der Waals surface area (Å²) in [5.41, 5.74) is 2.33. The normalized spacial score (nSPS) is 18.0. The number of aromatic amines is 1. The second kappa shape index (κ2) is 7.99. The Balaban J connectivity index is 1.19. The van der Waals surface area contributed by atoms with E-state index in [0.717, 1.165) is 69.2 Å². The van der Waals surface area contributed by atoms with Gasteiger partial charge in [0.15, 0.2) is 5.82 Å². The van der Waals surface area contributed by atoms with Gasteiger partial charge in [-0.2, -0.15) is 5.10 Å². The molecule has 0 aliphatic carbocycles. The van der Waals surface area contributed by atoms with E-state index < -0.39 is 0 Å². The molecular formula is C22H27N5O2. The highest BCUT2D eigenvalue weighted by atomic mass is 16.5. The number of hydrogen-bond donors (Lipinski definition) is 1. The fourth-order valence-corrected chi connectivity index (χ4v) is 4.44. The molecule has 1 amide bonds. The van der Waals surface area contributed by atoms with E-state index in [1.165, 1.54) is 10.9 Å². The molecule has 0 spiro atoms. The molecular weight excluding hydrogens is 366 g/mol. The number of ether oxygens (including phenoxy) is 1. The van der Waals surface area contributed by atoms with E-state index in [9.17, 15) is 4.79 Å². The largest absolute Gasteiger partial charge is 0.381 e. The molecule has 3 aromatic rings. The second-order valence-electron chi connectivity index (χ2n) is 7.99. The summed E-state index contributed by atoms with van der Waals surface area (Å²) in [7, 11) is 0. The van der Waals surface area contributed by atoms with Crippen molar-refractivity contribution in [1.82, 2.24) is 24.6 Å². The van der Waals surface area contributed by atoms with Gasteiger partial charge in [0, 0.05) is 62.2 Å². The van der Waals surface area contributed by atoms with Gasteiger partial charge in [0.1, 0.15) is 5.82 Å². The number of aryl methyl sites for hydroxylation is 1. The van der Waals surface area contributed by atoms with Crippen LogP contribution in [0.15, 0.2) is 30.5 Å². The molecule has 29 heavy (non-hydrogen) atoms. The zero-order valence-corrected chi connectivity index (χ0v) is 16.6. The maximum atomic E-state index is 12.8. The lowest BCUT2D eigenvalue weighted by atomic mass is 10.00. The average Bonchev–Trinajstić information content (AvgIpc) is 3.31. The van der Waals surface area contributed by atoms with E-state index in [1.807, 2.05) is 27.9 Å². The van der Waals surface area contributed by atoms with Gasteiger partial charge < -0.3 is 14.6 Å². The molecule has 1 saturated heterocycles. The van der Waals surface area contributed by atoms with E-state index in [1.54, 1.807) is 0 Å². The Labute approximate surface area is 170 Å². The second-order valence-corrected chi connectivity index (χ2v) is 7.99. The minimum Gasteiger partial charge on any atom is -0.381 e. The summed E-state index contributed by atoms with van der Waals surface area (Å²) in [6.45, 7) is 3.75. The topological polar surface area (TPSA) is 76.0 Å². The van der Waals surface area contributed by atoms with Gasteiger partial charge >= 0.3 is 0 Å². The van der Waals surface area contributed by atoms with Gasteiger partial charge in [0.25, 0.3) is 0 Å². The highest BCUT2D eigenvalue weighted by molar-refractivity contribution is 5.84. The first-order valence-corrected chi connectivity index (χ1v) is 10.6. The number of nitrogens with one attached hydrogen (secondary N) is 1. The molecule has 0 saturated carbocycles. The van der Waals surface area contributed by atoms with Crippen LogP contribution in [-0.2, 0) is 28.9 Å². The third-order valence-electron chi connectivity index (χ3n) is 6.17. The average molecular weight is 393 g/mol. The maximum absolute atomic E-state index is 12.8. The first kappa shape index (κ1) is 18.4. The maximum Gasteiger partial charge on any atom is 0.222 e. The Morgan fingerprint density at radius 1 is 1.17 bits per heavy atom. The van der Waals surface area contributed by atoms with Crippen molar-refractivity contribution in [3.63, 3.8) is 0 Å². The van der Waals surface area contributed by atoms with Crippen molar-refractivity contribution < 1.29 is 9.53 Å². The third-order valence-corrected chi connectivity index (χ3v) is 6.17. The minimum absolute atomic E-state index is 0.214. The molecule has 5 rings (SSSR count). The minimum atomic E-state index is 0.214. The highest BCUT2D eigenvalue weighted by Gasteiger charge is 2.25. The fraction of sp³-hybridized carbons (Fsp3) is 0.500. The zero-order chi connectivity index (χ0) is 19.6. The van der Waals surface area contributed by atoms with E-state index in [2.05, 4.69) is 17.1 Å². The van der Waals surface area contributed by atoms with Gasteiger partial charge in [-0.1, -0.05) is 18.2 Å². The van der Waals surface area contributed by atoms with E-state index >= 15 is 0 Å². The molecule has 1 N–H and O–H groups in total. The number of carbonyl (C=O) groups is 1. The number of fused-ring (bicyclic) bond motifs is 2. The van der Waals surface area contributed by atoms with Crippen LogP contribution in [0.25, 0.3) is 10.9 Å². The number of aromatic nitrogens is 4. The SMILES string of the molecule is O=C(CCc1c[nH]c2ccccc12)N1CCc2nc(C3CCOCC3)nn2CC1. The van der Waals surface area contributed by atoms with Gasteiger partial charge in [-0.15, -0.1) is 0 Å². The number of rotatable bonds is 4. The quantitative estimate of drug-likeness (QED) is 0.739. The summed E-state index contributed by atoms with van der Waals surface area (Å²) in [4.78, 5) is 22.9. The van der Waals surface area contributed by atoms with Crippen LogP contribution in [0.3, 0.4) is 0 Å². The van der Waals surface area contributed by atoms with Crippen LogP contribution in [-0.4, -0.2) is 56.9 Å². The molecule has 0 atom stereocenters. The summed E-state index contributed by atoms with van der Waals surface area (Å²) in [6.07, 6.45) is 6.09. The Morgan fingerprint density at radius 3 is 2.93 bits per heavy atom.